The van der Waals surface area contributed by atoms with Crippen molar-refractivity contribution in [3.05, 3.63) is 64.0 Å². The first-order valence-corrected chi connectivity index (χ1v) is 10.6. The number of benzene rings is 1. The van der Waals surface area contributed by atoms with Crippen molar-refractivity contribution in [2.24, 2.45) is 0 Å². The van der Waals surface area contributed by atoms with Gasteiger partial charge in [-0.2, -0.15) is 0 Å². The molecule has 4 rings (SSSR count). The molecule has 1 saturated heterocycles. The number of hydrogen-bond donors (Lipinski definition) is 0. The summed E-state index contributed by atoms with van der Waals surface area (Å²) in [4.78, 5) is 27.8. The Morgan fingerprint density at radius 2 is 2.19 bits per heavy atom. The number of carbonyl (C=O) groups is 1. The van der Waals surface area contributed by atoms with Gasteiger partial charge < -0.3 is 4.90 Å². The van der Waals surface area contributed by atoms with E-state index < -0.39 is 0 Å². The molecular weight excluding hydrogens is 424 g/mol. The minimum Gasteiger partial charge on any atom is -0.339 e. The molecule has 0 spiro atoms. The molecule has 138 valence electrons. The number of aromatic nitrogens is 3. The molecule has 1 unspecified atom stereocenters. The standard InChI is InChI=1S/C20H19BrN4OS/c21-17-6-2-1-4-14(17)10-16-5-3-9-25(16)19(26)11-15-13-27-20(24-15)18-12-22-7-8-23-18/h1-2,4,6-8,12-13,16H,3,5,9-11H2. The average Bonchev–Trinajstić information content (AvgIpc) is 3.34. The van der Waals surface area contributed by atoms with Crippen LogP contribution in [0.1, 0.15) is 24.1 Å². The summed E-state index contributed by atoms with van der Waals surface area (Å²) in [6, 6.07) is 8.50. The van der Waals surface area contributed by atoms with E-state index in [4.69, 9.17) is 0 Å². The lowest BCUT2D eigenvalue weighted by Gasteiger charge is -2.25. The van der Waals surface area contributed by atoms with Crippen molar-refractivity contribution >= 4 is 33.2 Å². The summed E-state index contributed by atoms with van der Waals surface area (Å²) in [5.41, 5.74) is 2.80. The predicted molar refractivity (Wildman–Crippen MR) is 109 cm³/mol. The monoisotopic (exact) mass is 442 g/mol. The van der Waals surface area contributed by atoms with Gasteiger partial charge in [-0.3, -0.25) is 14.8 Å². The summed E-state index contributed by atoms with van der Waals surface area (Å²) < 4.78 is 1.11. The fraction of sp³-hybridized carbons (Fsp3) is 0.300. The van der Waals surface area contributed by atoms with Gasteiger partial charge >= 0.3 is 0 Å². The highest BCUT2D eigenvalue weighted by molar-refractivity contribution is 9.10. The summed E-state index contributed by atoms with van der Waals surface area (Å²) in [5.74, 6) is 0.153. The van der Waals surface area contributed by atoms with E-state index in [9.17, 15) is 4.79 Å². The summed E-state index contributed by atoms with van der Waals surface area (Å²) in [6.07, 6.45) is 8.31. The lowest BCUT2D eigenvalue weighted by molar-refractivity contribution is -0.131. The van der Waals surface area contributed by atoms with Gasteiger partial charge in [-0.1, -0.05) is 34.1 Å². The van der Waals surface area contributed by atoms with E-state index in [-0.39, 0.29) is 11.9 Å². The molecule has 2 aromatic heterocycles. The van der Waals surface area contributed by atoms with Crippen LogP contribution in [0.15, 0.2) is 52.7 Å². The predicted octanol–water partition coefficient (Wildman–Crippen LogP) is 4.14. The molecule has 0 bridgehead atoms. The van der Waals surface area contributed by atoms with E-state index in [0.29, 0.717) is 6.42 Å². The first-order chi connectivity index (χ1) is 13.2. The lowest BCUT2D eigenvalue weighted by Crippen LogP contribution is -2.37. The molecule has 1 fully saturated rings. The molecule has 0 saturated carbocycles. The van der Waals surface area contributed by atoms with Gasteiger partial charge in [0.05, 0.1) is 18.3 Å². The Labute approximate surface area is 170 Å². The molecule has 0 radical (unpaired) electrons. The lowest BCUT2D eigenvalue weighted by atomic mass is 10.0. The number of hydrogen-bond acceptors (Lipinski definition) is 5. The number of likely N-dealkylation sites (tertiary alicyclic amines) is 1. The molecule has 3 aromatic rings. The quantitative estimate of drug-likeness (QED) is 0.595. The second kappa shape index (κ2) is 8.27. The highest BCUT2D eigenvalue weighted by atomic mass is 79.9. The van der Waals surface area contributed by atoms with Gasteiger partial charge in [-0.15, -0.1) is 11.3 Å². The van der Waals surface area contributed by atoms with Crippen LogP contribution in [0.25, 0.3) is 10.7 Å². The number of nitrogens with zero attached hydrogens (tertiary/aromatic N) is 4. The fourth-order valence-electron chi connectivity index (χ4n) is 3.47. The van der Waals surface area contributed by atoms with Crippen LogP contribution in [0.3, 0.4) is 0 Å². The van der Waals surface area contributed by atoms with Gasteiger partial charge in [0.25, 0.3) is 0 Å². The zero-order chi connectivity index (χ0) is 18.6. The molecule has 1 aromatic carbocycles. The third-order valence-electron chi connectivity index (χ3n) is 4.78. The number of carbonyl (C=O) groups excluding carboxylic acids is 1. The second-order valence-corrected chi connectivity index (χ2v) is 8.30. The Bertz CT molecular complexity index is 930. The molecule has 5 nitrogen and oxygen atoms in total. The summed E-state index contributed by atoms with van der Waals surface area (Å²) >= 11 is 5.12. The zero-order valence-electron chi connectivity index (χ0n) is 14.7. The van der Waals surface area contributed by atoms with Gasteiger partial charge in [0.1, 0.15) is 10.7 Å². The molecule has 0 N–H and O–H groups in total. The van der Waals surface area contributed by atoms with Crippen molar-refractivity contribution in [2.75, 3.05) is 6.54 Å². The van der Waals surface area contributed by atoms with Gasteiger partial charge in [-0.25, -0.2) is 4.98 Å². The van der Waals surface area contributed by atoms with E-state index >= 15 is 0 Å². The van der Waals surface area contributed by atoms with Crippen molar-refractivity contribution in [1.29, 1.82) is 0 Å². The SMILES string of the molecule is O=C(Cc1csc(-c2cnccn2)n1)N1CCCC1Cc1ccccc1Br. The Kier molecular flexibility index (Phi) is 5.59. The van der Waals surface area contributed by atoms with E-state index in [1.165, 1.54) is 16.9 Å². The van der Waals surface area contributed by atoms with Crippen LogP contribution in [0, 0.1) is 0 Å². The number of halogens is 1. The minimum atomic E-state index is 0.153. The summed E-state index contributed by atoms with van der Waals surface area (Å²) in [5, 5.41) is 2.75. The van der Waals surface area contributed by atoms with Gasteiger partial charge in [-0.05, 0) is 30.9 Å². The third kappa shape index (κ3) is 4.25. The Morgan fingerprint density at radius 3 is 3.00 bits per heavy atom. The van der Waals surface area contributed by atoms with Crippen LogP contribution in [-0.4, -0.2) is 38.3 Å². The number of amides is 1. The summed E-state index contributed by atoms with van der Waals surface area (Å²) in [6.45, 7) is 0.828. The van der Waals surface area contributed by atoms with Crippen molar-refractivity contribution in [2.45, 2.75) is 31.7 Å². The first kappa shape index (κ1) is 18.3. The molecule has 1 aliphatic heterocycles. The largest absolute Gasteiger partial charge is 0.339 e. The van der Waals surface area contributed by atoms with Gasteiger partial charge in [0.2, 0.25) is 5.91 Å². The Balaban J connectivity index is 1.43. The maximum Gasteiger partial charge on any atom is 0.228 e. The Morgan fingerprint density at radius 1 is 1.30 bits per heavy atom. The highest BCUT2D eigenvalue weighted by Crippen LogP contribution is 2.26. The van der Waals surface area contributed by atoms with Crippen molar-refractivity contribution in [1.82, 2.24) is 19.9 Å². The minimum absolute atomic E-state index is 0.153. The number of rotatable bonds is 5. The zero-order valence-corrected chi connectivity index (χ0v) is 17.1. The molecule has 1 atom stereocenters. The van der Waals surface area contributed by atoms with Gasteiger partial charge in [0.15, 0.2) is 0 Å². The molecule has 7 heteroatoms. The van der Waals surface area contributed by atoms with E-state index in [1.807, 2.05) is 22.4 Å². The van der Waals surface area contributed by atoms with Crippen LogP contribution in [-0.2, 0) is 17.6 Å². The topological polar surface area (TPSA) is 59.0 Å². The normalized spacial score (nSPS) is 16.6. The maximum absolute atomic E-state index is 12.9. The van der Waals surface area contributed by atoms with Crippen LogP contribution >= 0.6 is 27.3 Å². The van der Waals surface area contributed by atoms with Crippen LogP contribution < -0.4 is 0 Å². The smallest absolute Gasteiger partial charge is 0.228 e. The Hall–Kier alpha value is -2.12. The molecular formula is C20H19BrN4OS. The van der Waals surface area contributed by atoms with Crippen molar-refractivity contribution in [3.63, 3.8) is 0 Å². The number of thiazole rings is 1. The van der Waals surface area contributed by atoms with E-state index in [0.717, 1.165) is 46.7 Å². The van der Waals surface area contributed by atoms with Crippen LogP contribution in [0.4, 0.5) is 0 Å². The van der Waals surface area contributed by atoms with Crippen LogP contribution in [0.2, 0.25) is 0 Å². The first-order valence-electron chi connectivity index (χ1n) is 8.94. The van der Waals surface area contributed by atoms with E-state index in [2.05, 4.69) is 43.0 Å². The van der Waals surface area contributed by atoms with Gasteiger partial charge in [0, 0.05) is 34.8 Å². The molecule has 27 heavy (non-hydrogen) atoms. The maximum atomic E-state index is 12.9. The molecule has 3 heterocycles. The second-order valence-electron chi connectivity index (χ2n) is 6.59. The summed E-state index contributed by atoms with van der Waals surface area (Å²) in [7, 11) is 0. The van der Waals surface area contributed by atoms with Crippen molar-refractivity contribution < 1.29 is 4.79 Å². The average molecular weight is 443 g/mol. The molecule has 0 aliphatic carbocycles. The van der Waals surface area contributed by atoms with Crippen molar-refractivity contribution in [3.8, 4) is 10.7 Å². The molecule has 1 amide bonds. The van der Waals surface area contributed by atoms with Crippen LogP contribution in [0.5, 0.6) is 0 Å². The highest BCUT2D eigenvalue weighted by Gasteiger charge is 2.29. The van der Waals surface area contributed by atoms with E-state index in [1.54, 1.807) is 18.6 Å². The fourth-order valence-corrected chi connectivity index (χ4v) is 4.69. The third-order valence-corrected chi connectivity index (χ3v) is 6.46. The molecule has 1 aliphatic rings.